The summed E-state index contributed by atoms with van der Waals surface area (Å²) in [4.78, 5) is 33.5. The number of aryl methyl sites for hydroxylation is 6. The normalized spacial score (nSPS) is 11.3. The number of rotatable bonds is 7. The average Bonchev–Trinajstić information content (AvgIpc) is 3.10. The number of thiophene rings is 1. The van der Waals surface area contributed by atoms with Crippen LogP contribution >= 0.6 is 23.1 Å². The first-order valence-electron chi connectivity index (χ1n) is 11.8. The summed E-state index contributed by atoms with van der Waals surface area (Å²) < 4.78 is 1.66. The SMILES string of the molecule is CCCc1sc2nc(SCC(=O)Nc3c(C)cc(C)cc3C)n(-c3cccc(C)c3)c(=O)c2c1C. The van der Waals surface area contributed by atoms with Crippen molar-refractivity contribution in [3.63, 3.8) is 0 Å². The fraction of sp³-hybridized carbons (Fsp3) is 0.321. The third-order valence-electron chi connectivity index (χ3n) is 6.04. The van der Waals surface area contributed by atoms with E-state index in [1.807, 2.05) is 58.9 Å². The quantitative estimate of drug-likeness (QED) is 0.225. The second-order valence-corrected chi connectivity index (χ2v) is 11.1. The number of anilines is 1. The van der Waals surface area contributed by atoms with Gasteiger partial charge in [0.2, 0.25) is 5.91 Å². The van der Waals surface area contributed by atoms with Gasteiger partial charge in [-0.15, -0.1) is 11.3 Å². The van der Waals surface area contributed by atoms with Crippen molar-refractivity contribution in [2.75, 3.05) is 11.1 Å². The average molecular weight is 506 g/mol. The highest BCUT2D eigenvalue weighted by Crippen LogP contribution is 2.31. The predicted octanol–water partition coefficient (Wildman–Crippen LogP) is 6.67. The number of hydrogen-bond donors (Lipinski definition) is 1. The molecule has 0 atom stereocenters. The maximum Gasteiger partial charge on any atom is 0.267 e. The Morgan fingerprint density at radius 1 is 1.06 bits per heavy atom. The molecule has 1 amide bonds. The second-order valence-electron chi connectivity index (χ2n) is 9.06. The molecule has 0 aliphatic carbocycles. The number of amides is 1. The van der Waals surface area contributed by atoms with Crippen LogP contribution in [0.5, 0.6) is 0 Å². The molecular formula is C28H31N3O2S2. The van der Waals surface area contributed by atoms with Crippen LogP contribution in [0.15, 0.2) is 46.3 Å². The van der Waals surface area contributed by atoms with Crippen LogP contribution < -0.4 is 10.9 Å². The number of nitrogens with one attached hydrogen (secondary N) is 1. The first-order valence-corrected chi connectivity index (χ1v) is 13.6. The minimum absolute atomic E-state index is 0.0789. The topological polar surface area (TPSA) is 64.0 Å². The summed E-state index contributed by atoms with van der Waals surface area (Å²) in [7, 11) is 0. The van der Waals surface area contributed by atoms with Crippen LogP contribution in [0.2, 0.25) is 0 Å². The monoisotopic (exact) mass is 505 g/mol. The fourth-order valence-electron chi connectivity index (χ4n) is 4.45. The molecule has 5 nitrogen and oxygen atoms in total. The molecule has 0 spiro atoms. The van der Waals surface area contributed by atoms with Crippen molar-refractivity contribution in [3.8, 4) is 5.69 Å². The third-order valence-corrected chi connectivity index (χ3v) is 8.23. The lowest BCUT2D eigenvalue weighted by atomic mass is 10.1. The molecule has 0 radical (unpaired) electrons. The van der Waals surface area contributed by atoms with Gasteiger partial charge in [0.05, 0.1) is 16.8 Å². The summed E-state index contributed by atoms with van der Waals surface area (Å²) >= 11 is 2.88. The summed E-state index contributed by atoms with van der Waals surface area (Å²) in [6.07, 6.45) is 1.94. The Labute approximate surface area is 214 Å². The molecule has 2 heterocycles. The van der Waals surface area contributed by atoms with Crippen LogP contribution in [-0.4, -0.2) is 21.2 Å². The van der Waals surface area contributed by atoms with Gasteiger partial charge in [-0.3, -0.25) is 14.2 Å². The minimum atomic E-state index is -0.121. The third kappa shape index (κ3) is 5.21. The molecule has 1 N–H and O–H groups in total. The molecule has 35 heavy (non-hydrogen) atoms. The highest BCUT2D eigenvalue weighted by atomic mass is 32.2. The van der Waals surface area contributed by atoms with E-state index < -0.39 is 0 Å². The van der Waals surface area contributed by atoms with Gasteiger partial charge in [0.15, 0.2) is 5.16 Å². The number of nitrogens with zero attached hydrogens (tertiary/aromatic N) is 2. The molecular weight excluding hydrogens is 474 g/mol. The lowest BCUT2D eigenvalue weighted by Crippen LogP contribution is -2.23. The van der Waals surface area contributed by atoms with Crippen molar-refractivity contribution < 1.29 is 4.79 Å². The summed E-state index contributed by atoms with van der Waals surface area (Å²) in [5.74, 6) is 0.0344. The maximum absolute atomic E-state index is 13.8. The molecule has 0 saturated carbocycles. The predicted molar refractivity (Wildman–Crippen MR) is 149 cm³/mol. The minimum Gasteiger partial charge on any atom is -0.325 e. The molecule has 0 aliphatic rings. The Bertz CT molecular complexity index is 1460. The first-order chi connectivity index (χ1) is 16.7. The second kappa shape index (κ2) is 10.4. The van der Waals surface area contributed by atoms with E-state index in [4.69, 9.17) is 4.98 Å². The molecule has 7 heteroatoms. The highest BCUT2D eigenvalue weighted by Gasteiger charge is 2.20. The molecule has 2 aromatic carbocycles. The van der Waals surface area contributed by atoms with Crippen LogP contribution in [0, 0.1) is 34.6 Å². The van der Waals surface area contributed by atoms with Crippen LogP contribution in [-0.2, 0) is 11.2 Å². The molecule has 2 aromatic heterocycles. The number of thioether (sulfide) groups is 1. The zero-order chi connectivity index (χ0) is 25.3. The lowest BCUT2D eigenvalue weighted by Gasteiger charge is -2.14. The summed E-state index contributed by atoms with van der Waals surface area (Å²) in [6, 6.07) is 12.0. The molecule has 0 unspecified atom stereocenters. The van der Waals surface area contributed by atoms with Crippen LogP contribution in [0.1, 0.15) is 46.0 Å². The van der Waals surface area contributed by atoms with E-state index in [0.29, 0.717) is 10.5 Å². The van der Waals surface area contributed by atoms with Crippen molar-refractivity contribution >= 4 is 44.9 Å². The summed E-state index contributed by atoms with van der Waals surface area (Å²) in [5.41, 5.74) is 6.85. The zero-order valence-corrected chi connectivity index (χ0v) is 22.7. The van der Waals surface area contributed by atoms with E-state index in [1.165, 1.54) is 22.2 Å². The Kier molecular flexibility index (Phi) is 7.47. The number of benzene rings is 2. The van der Waals surface area contributed by atoms with Crippen molar-refractivity contribution in [2.24, 2.45) is 0 Å². The summed E-state index contributed by atoms with van der Waals surface area (Å²) in [6.45, 7) is 12.2. The smallest absolute Gasteiger partial charge is 0.267 e. The van der Waals surface area contributed by atoms with Gasteiger partial charge < -0.3 is 5.32 Å². The van der Waals surface area contributed by atoms with Crippen molar-refractivity contribution in [1.82, 2.24) is 9.55 Å². The first kappa shape index (κ1) is 25.2. The van der Waals surface area contributed by atoms with Crippen molar-refractivity contribution in [3.05, 3.63) is 79.4 Å². The number of fused-ring (bicyclic) bond motifs is 1. The van der Waals surface area contributed by atoms with Gasteiger partial charge >= 0.3 is 0 Å². The van der Waals surface area contributed by atoms with E-state index in [-0.39, 0.29) is 17.2 Å². The number of carbonyl (C=O) groups excluding carboxylic acids is 1. The van der Waals surface area contributed by atoms with Crippen LogP contribution in [0.3, 0.4) is 0 Å². The molecule has 4 aromatic rings. The van der Waals surface area contributed by atoms with Gasteiger partial charge in [0, 0.05) is 10.6 Å². The Balaban J connectivity index is 1.72. The van der Waals surface area contributed by atoms with Gasteiger partial charge in [0.1, 0.15) is 4.83 Å². The fourth-order valence-corrected chi connectivity index (χ4v) is 6.58. The largest absolute Gasteiger partial charge is 0.325 e. The molecule has 182 valence electrons. The highest BCUT2D eigenvalue weighted by molar-refractivity contribution is 7.99. The van der Waals surface area contributed by atoms with Gasteiger partial charge in [-0.05, 0) is 75.4 Å². The number of carbonyl (C=O) groups is 1. The number of aromatic nitrogens is 2. The van der Waals surface area contributed by atoms with Crippen LogP contribution in [0.25, 0.3) is 15.9 Å². The van der Waals surface area contributed by atoms with Gasteiger partial charge in [-0.1, -0.05) is 54.9 Å². The standard InChI is InChI=1S/C28H31N3O2S2/c1-7-9-22-20(6)24-26(35-22)30-28(31(27(24)33)21-11-8-10-16(2)14-21)34-15-23(32)29-25-18(4)12-17(3)13-19(25)5/h8,10-14H,7,9,15H2,1-6H3,(H,29,32). The molecule has 0 bridgehead atoms. The number of hydrogen-bond acceptors (Lipinski definition) is 5. The molecule has 4 rings (SSSR count). The Morgan fingerprint density at radius 2 is 1.77 bits per heavy atom. The van der Waals surface area contributed by atoms with Crippen molar-refractivity contribution in [1.29, 1.82) is 0 Å². The Morgan fingerprint density at radius 3 is 2.43 bits per heavy atom. The van der Waals surface area contributed by atoms with Crippen molar-refractivity contribution in [2.45, 2.75) is 59.5 Å². The lowest BCUT2D eigenvalue weighted by molar-refractivity contribution is -0.113. The van der Waals surface area contributed by atoms with Gasteiger partial charge in [-0.25, -0.2) is 4.98 Å². The van der Waals surface area contributed by atoms with Gasteiger partial charge in [0.25, 0.3) is 5.56 Å². The van der Waals surface area contributed by atoms with E-state index in [9.17, 15) is 9.59 Å². The molecule has 0 saturated heterocycles. The Hall–Kier alpha value is -2.90. The van der Waals surface area contributed by atoms with E-state index >= 15 is 0 Å². The van der Waals surface area contributed by atoms with Crippen LogP contribution in [0.4, 0.5) is 5.69 Å². The zero-order valence-electron chi connectivity index (χ0n) is 21.1. The van der Waals surface area contributed by atoms with E-state index in [2.05, 4.69) is 24.4 Å². The molecule has 0 aliphatic heterocycles. The van der Waals surface area contributed by atoms with Gasteiger partial charge in [-0.2, -0.15) is 0 Å². The van der Waals surface area contributed by atoms with E-state index in [1.54, 1.807) is 15.9 Å². The molecule has 0 fully saturated rings. The maximum atomic E-state index is 13.8. The van der Waals surface area contributed by atoms with E-state index in [0.717, 1.165) is 51.3 Å². The summed E-state index contributed by atoms with van der Waals surface area (Å²) in [5, 5.41) is 4.27.